The summed E-state index contributed by atoms with van der Waals surface area (Å²) in [6.45, 7) is 4.47. The Hall–Kier alpha value is -0.470. The van der Waals surface area contributed by atoms with E-state index in [2.05, 4.69) is 56.2 Å². The maximum absolute atomic E-state index is 3.45. The Morgan fingerprint density at radius 3 is 2.56 bits per heavy atom. The minimum absolute atomic E-state index is 0.698. The molecular formula is C14H21NS. The number of benzene rings is 1. The molecule has 88 valence electrons. The molecule has 2 atom stereocenters. The number of thioether (sulfide) groups is 1. The van der Waals surface area contributed by atoms with Gasteiger partial charge in [0.2, 0.25) is 0 Å². The van der Waals surface area contributed by atoms with Crippen molar-refractivity contribution < 1.29 is 0 Å². The van der Waals surface area contributed by atoms with Crippen molar-refractivity contribution in [2.24, 2.45) is 5.92 Å². The average Bonchev–Trinajstić information content (AvgIpc) is 2.71. The van der Waals surface area contributed by atoms with Crippen LogP contribution in [0.25, 0.3) is 0 Å². The van der Waals surface area contributed by atoms with Gasteiger partial charge in [-0.2, -0.15) is 11.8 Å². The third-order valence-corrected chi connectivity index (χ3v) is 4.94. The minimum Gasteiger partial charge on any atom is -0.316 e. The molecule has 2 unspecified atom stereocenters. The Balaban J connectivity index is 2.14. The second-order valence-corrected chi connectivity index (χ2v) is 5.84. The lowest BCUT2D eigenvalue weighted by Crippen LogP contribution is -2.33. The van der Waals surface area contributed by atoms with Gasteiger partial charge in [0.25, 0.3) is 0 Å². The topological polar surface area (TPSA) is 12.0 Å². The fraction of sp³-hybridized carbons (Fsp3) is 0.571. The zero-order chi connectivity index (χ0) is 11.5. The van der Waals surface area contributed by atoms with Crippen LogP contribution in [0.1, 0.15) is 16.7 Å². The standard InChI is InChI=1S/C14H21NS/c1-10-5-4-6-11(2)13(10)7-12-8-16-9-14(12)15-3/h4-6,12,14-15H,7-9H2,1-3H3. The molecule has 0 amide bonds. The predicted molar refractivity (Wildman–Crippen MR) is 73.3 cm³/mol. The van der Waals surface area contributed by atoms with E-state index in [0.717, 1.165) is 5.92 Å². The summed E-state index contributed by atoms with van der Waals surface area (Å²) in [5.74, 6) is 3.38. The summed E-state index contributed by atoms with van der Waals surface area (Å²) >= 11 is 2.08. The van der Waals surface area contributed by atoms with Crippen LogP contribution in [0.15, 0.2) is 18.2 Å². The van der Waals surface area contributed by atoms with Crippen LogP contribution in [-0.4, -0.2) is 24.6 Å². The van der Waals surface area contributed by atoms with Gasteiger partial charge >= 0.3 is 0 Å². The van der Waals surface area contributed by atoms with E-state index < -0.39 is 0 Å². The summed E-state index contributed by atoms with van der Waals surface area (Å²) in [5.41, 5.74) is 4.47. The van der Waals surface area contributed by atoms with Crippen molar-refractivity contribution in [2.75, 3.05) is 18.6 Å². The quantitative estimate of drug-likeness (QED) is 0.864. The van der Waals surface area contributed by atoms with Crippen LogP contribution >= 0.6 is 11.8 Å². The Bertz CT molecular complexity index is 342. The Kier molecular flexibility index (Phi) is 3.93. The van der Waals surface area contributed by atoms with Gasteiger partial charge in [-0.3, -0.25) is 0 Å². The van der Waals surface area contributed by atoms with Crippen molar-refractivity contribution >= 4 is 11.8 Å². The highest BCUT2D eigenvalue weighted by molar-refractivity contribution is 7.99. The van der Waals surface area contributed by atoms with E-state index >= 15 is 0 Å². The van der Waals surface area contributed by atoms with Crippen molar-refractivity contribution in [3.63, 3.8) is 0 Å². The van der Waals surface area contributed by atoms with Gasteiger partial charge in [0.05, 0.1) is 0 Å². The molecule has 1 fully saturated rings. The largest absolute Gasteiger partial charge is 0.316 e. The molecule has 1 heterocycles. The first-order valence-corrected chi connectivity index (χ1v) is 7.18. The molecule has 0 radical (unpaired) electrons. The van der Waals surface area contributed by atoms with Crippen LogP contribution < -0.4 is 5.32 Å². The molecule has 0 aromatic heterocycles. The fourth-order valence-electron chi connectivity index (χ4n) is 2.55. The van der Waals surface area contributed by atoms with Gasteiger partial charge in [-0.1, -0.05) is 18.2 Å². The van der Waals surface area contributed by atoms with Gasteiger partial charge in [-0.05, 0) is 55.7 Å². The van der Waals surface area contributed by atoms with Crippen molar-refractivity contribution in [2.45, 2.75) is 26.3 Å². The zero-order valence-electron chi connectivity index (χ0n) is 10.4. The van der Waals surface area contributed by atoms with Crippen molar-refractivity contribution in [1.29, 1.82) is 0 Å². The summed E-state index contributed by atoms with van der Waals surface area (Å²) < 4.78 is 0. The van der Waals surface area contributed by atoms with E-state index in [0.29, 0.717) is 6.04 Å². The second kappa shape index (κ2) is 5.24. The smallest absolute Gasteiger partial charge is 0.0194 e. The van der Waals surface area contributed by atoms with Gasteiger partial charge in [0, 0.05) is 11.8 Å². The molecule has 1 nitrogen and oxygen atoms in total. The first kappa shape index (κ1) is 12.0. The highest BCUT2D eigenvalue weighted by Crippen LogP contribution is 2.29. The molecule has 1 aromatic rings. The van der Waals surface area contributed by atoms with Crippen molar-refractivity contribution in [3.05, 3.63) is 34.9 Å². The van der Waals surface area contributed by atoms with E-state index in [1.807, 2.05) is 0 Å². The summed E-state index contributed by atoms with van der Waals surface area (Å²) in [6.07, 6.45) is 1.23. The molecule has 1 aliphatic rings. The van der Waals surface area contributed by atoms with Gasteiger partial charge < -0.3 is 5.32 Å². The molecule has 1 N–H and O–H groups in total. The molecule has 16 heavy (non-hydrogen) atoms. The normalized spacial score (nSPS) is 24.9. The van der Waals surface area contributed by atoms with Gasteiger partial charge in [-0.15, -0.1) is 0 Å². The number of nitrogens with one attached hydrogen (secondary N) is 1. The second-order valence-electron chi connectivity index (χ2n) is 4.77. The first-order valence-electron chi connectivity index (χ1n) is 6.02. The lowest BCUT2D eigenvalue weighted by molar-refractivity contribution is 0.452. The summed E-state index contributed by atoms with van der Waals surface area (Å²) in [5, 5.41) is 3.45. The van der Waals surface area contributed by atoms with Crippen LogP contribution in [0.5, 0.6) is 0 Å². The lowest BCUT2D eigenvalue weighted by atomic mass is 9.90. The number of hydrogen-bond donors (Lipinski definition) is 1. The van der Waals surface area contributed by atoms with E-state index in [4.69, 9.17) is 0 Å². The third kappa shape index (κ3) is 2.44. The van der Waals surface area contributed by atoms with Gasteiger partial charge in [0.1, 0.15) is 0 Å². The van der Waals surface area contributed by atoms with Crippen LogP contribution in [0.3, 0.4) is 0 Å². The Labute approximate surface area is 103 Å². The Morgan fingerprint density at radius 1 is 1.25 bits per heavy atom. The molecule has 0 aliphatic carbocycles. The number of aryl methyl sites for hydroxylation is 2. The van der Waals surface area contributed by atoms with E-state index in [1.54, 1.807) is 5.56 Å². The zero-order valence-corrected chi connectivity index (χ0v) is 11.2. The third-order valence-electron chi connectivity index (χ3n) is 3.68. The number of hydrogen-bond acceptors (Lipinski definition) is 2. The highest BCUT2D eigenvalue weighted by atomic mass is 32.2. The lowest BCUT2D eigenvalue weighted by Gasteiger charge is -2.20. The monoisotopic (exact) mass is 235 g/mol. The molecule has 2 rings (SSSR count). The van der Waals surface area contributed by atoms with Gasteiger partial charge in [0.15, 0.2) is 0 Å². The van der Waals surface area contributed by atoms with Crippen LogP contribution in [0, 0.1) is 19.8 Å². The van der Waals surface area contributed by atoms with Crippen LogP contribution in [0.2, 0.25) is 0 Å². The SMILES string of the molecule is CNC1CSCC1Cc1c(C)cccc1C. The first-order chi connectivity index (χ1) is 7.72. The maximum Gasteiger partial charge on any atom is 0.0194 e. The Morgan fingerprint density at radius 2 is 1.94 bits per heavy atom. The summed E-state index contributed by atoms with van der Waals surface area (Å²) in [6, 6.07) is 7.33. The van der Waals surface area contributed by atoms with Gasteiger partial charge in [-0.25, -0.2) is 0 Å². The molecule has 0 bridgehead atoms. The van der Waals surface area contributed by atoms with Crippen LogP contribution in [0.4, 0.5) is 0 Å². The molecular weight excluding hydrogens is 214 g/mol. The van der Waals surface area contributed by atoms with Crippen molar-refractivity contribution in [3.8, 4) is 0 Å². The van der Waals surface area contributed by atoms with Crippen molar-refractivity contribution in [1.82, 2.24) is 5.32 Å². The fourth-order valence-corrected chi connectivity index (χ4v) is 4.03. The van der Waals surface area contributed by atoms with E-state index in [-0.39, 0.29) is 0 Å². The van der Waals surface area contributed by atoms with E-state index in [1.165, 1.54) is 29.1 Å². The highest BCUT2D eigenvalue weighted by Gasteiger charge is 2.27. The molecule has 1 aromatic carbocycles. The van der Waals surface area contributed by atoms with E-state index in [9.17, 15) is 0 Å². The minimum atomic E-state index is 0.698. The summed E-state index contributed by atoms with van der Waals surface area (Å²) in [7, 11) is 2.09. The molecule has 1 saturated heterocycles. The molecule has 0 spiro atoms. The molecule has 2 heteroatoms. The molecule has 1 aliphatic heterocycles. The van der Waals surface area contributed by atoms with Crippen LogP contribution in [-0.2, 0) is 6.42 Å². The average molecular weight is 235 g/mol. The predicted octanol–water partition coefficient (Wildman–Crippen LogP) is 2.80. The maximum atomic E-state index is 3.45. The number of rotatable bonds is 3. The molecule has 0 saturated carbocycles. The summed E-state index contributed by atoms with van der Waals surface area (Å²) in [4.78, 5) is 0.